The normalized spacial score (nSPS) is 11.4. The first kappa shape index (κ1) is 10.3. The van der Waals surface area contributed by atoms with Crippen LogP contribution in [0.25, 0.3) is 0 Å². The van der Waals surface area contributed by atoms with Gasteiger partial charge in [0.05, 0.1) is 0 Å². The Labute approximate surface area is 74.9 Å². The SMILES string of the molecule is O=Cc1oc(C(F)(F)F)cc1C(=O)O. The number of aldehydes is 1. The zero-order chi connectivity index (χ0) is 10.9. The van der Waals surface area contributed by atoms with Crippen LogP contribution in [0.4, 0.5) is 13.2 Å². The van der Waals surface area contributed by atoms with Crippen molar-refractivity contribution in [3.63, 3.8) is 0 Å². The summed E-state index contributed by atoms with van der Waals surface area (Å²) in [5.41, 5.74) is -0.799. The molecule has 0 atom stereocenters. The summed E-state index contributed by atoms with van der Waals surface area (Å²) in [5, 5.41) is 8.39. The van der Waals surface area contributed by atoms with E-state index in [1.165, 1.54) is 0 Å². The van der Waals surface area contributed by atoms with Crippen molar-refractivity contribution in [2.75, 3.05) is 0 Å². The van der Waals surface area contributed by atoms with Gasteiger partial charge in [0, 0.05) is 6.07 Å². The predicted molar refractivity (Wildman–Crippen MR) is 36.1 cm³/mol. The summed E-state index contributed by atoms with van der Waals surface area (Å²) in [6.07, 6.45) is -4.88. The molecule has 0 unspecified atom stereocenters. The first-order chi connectivity index (χ1) is 6.36. The summed E-state index contributed by atoms with van der Waals surface area (Å²) in [7, 11) is 0. The minimum atomic E-state index is -4.80. The van der Waals surface area contributed by atoms with E-state index in [-0.39, 0.29) is 12.4 Å². The molecule has 4 nitrogen and oxygen atoms in total. The molecule has 0 amide bonds. The van der Waals surface area contributed by atoms with Gasteiger partial charge in [-0.15, -0.1) is 0 Å². The van der Waals surface area contributed by atoms with Gasteiger partial charge in [-0.05, 0) is 0 Å². The number of halogens is 3. The minimum Gasteiger partial charge on any atom is -0.478 e. The van der Waals surface area contributed by atoms with E-state index >= 15 is 0 Å². The third kappa shape index (κ3) is 1.76. The minimum absolute atomic E-state index is 0.0846. The first-order valence-electron chi connectivity index (χ1n) is 3.25. The fourth-order valence-electron chi connectivity index (χ4n) is 0.799. The number of carbonyl (C=O) groups is 2. The molecule has 1 heterocycles. The molecule has 76 valence electrons. The van der Waals surface area contributed by atoms with Crippen molar-refractivity contribution in [1.82, 2.24) is 0 Å². The molecule has 0 bridgehead atoms. The number of hydrogen-bond donors (Lipinski definition) is 1. The maximum absolute atomic E-state index is 12.0. The van der Waals surface area contributed by atoms with Crippen LogP contribution >= 0.6 is 0 Å². The van der Waals surface area contributed by atoms with E-state index in [0.29, 0.717) is 0 Å². The van der Waals surface area contributed by atoms with Crippen molar-refractivity contribution < 1.29 is 32.3 Å². The van der Waals surface area contributed by atoms with Crippen molar-refractivity contribution >= 4 is 12.3 Å². The molecular weight excluding hydrogens is 205 g/mol. The highest BCUT2D eigenvalue weighted by atomic mass is 19.4. The van der Waals surface area contributed by atoms with Gasteiger partial charge >= 0.3 is 12.1 Å². The second kappa shape index (κ2) is 3.17. The third-order valence-electron chi connectivity index (χ3n) is 1.38. The molecule has 1 aromatic rings. The molecule has 0 radical (unpaired) electrons. The highest BCUT2D eigenvalue weighted by molar-refractivity contribution is 5.95. The predicted octanol–water partition coefficient (Wildman–Crippen LogP) is 1.81. The van der Waals surface area contributed by atoms with Crippen LogP contribution in [0.15, 0.2) is 10.5 Å². The molecule has 14 heavy (non-hydrogen) atoms. The lowest BCUT2D eigenvalue weighted by Gasteiger charge is -1.98. The van der Waals surface area contributed by atoms with Crippen molar-refractivity contribution in [2.45, 2.75) is 6.18 Å². The zero-order valence-corrected chi connectivity index (χ0v) is 6.46. The number of carboxylic acid groups (broad SMARTS) is 1. The lowest BCUT2D eigenvalue weighted by molar-refractivity contribution is -0.153. The van der Waals surface area contributed by atoms with Gasteiger partial charge in [0.1, 0.15) is 5.56 Å². The van der Waals surface area contributed by atoms with Crippen molar-refractivity contribution in [3.05, 3.63) is 23.2 Å². The quantitative estimate of drug-likeness (QED) is 0.752. The van der Waals surface area contributed by atoms with Crippen molar-refractivity contribution in [1.29, 1.82) is 0 Å². The van der Waals surface area contributed by atoms with Gasteiger partial charge in [-0.25, -0.2) is 4.79 Å². The molecule has 0 fully saturated rings. The summed E-state index contributed by atoms with van der Waals surface area (Å²) in [4.78, 5) is 20.5. The number of aromatic carboxylic acids is 1. The van der Waals surface area contributed by atoms with Crippen LogP contribution in [-0.2, 0) is 6.18 Å². The Hall–Kier alpha value is -1.79. The number of alkyl halides is 3. The van der Waals surface area contributed by atoms with Gasteiger partial charge in [-0.1, -0.05) is 0 Å². The molecular formula is C7H3F3O4. The van der Waals surface area contributed by atoms with Gasteiger partial charge in [0.25, 0.3) is 0 Å². The fourth-order valence-corrected chi connectivity index (χ4v) is 0.799. The molecule has 0 aliphatic rings. The number of hydrogen-bond acceptors (Lipinski definition) is 3. The largest absolute Gasteiger partial charge is 0.478 e. The number of carboxylic acids is 1. The van der Waals surface area contributed by atoms with Gasteiger partial charge in [-0.3, -0.25) is 4.79 Å². The van der Waals surface area contributed by atoms with E-state index < -0.39 is 29.2 Å². The van der Waals surface area contributed by atoms with Gasteiger partial charge in [-0.2, -0.15) is 13.2 Å². The van der Waals surface area contributed by atoms with Crippen LogP contribution in [-0.4, -0.2) is 17.4 Å². The number of carbonyl (C=O) groups excluding carboxylic acids is 1. The average Bonchev–Trinajstić information content (AvgIpc) is 2.45. The standard InChI is InChI=1S/C7H3F3O4/c8-7(9,10)5-1-3(6(12)13)4(2-11)14-5/h1-2H,(H,12,13). The number of rotatable bonds is 2. The molecule has 0 spiro atoms. The topological polar surface area (TPSA) is 67.5 Å². The second-order valence-electron chi connectivity index (χ2n) is 2.31. The molecule has 0 saturated heterocycles. The molecule has 0 saturated carbocycles. The van der Waals surface area contributed by atoms with Crippen LogP contribution in [0.1, 0.15) is 26.7 Å². The molecule has 1 rings (SSSR count). The van der Waals surface area contributed by atoms with Crippen molar-refractivity contribution in [2.24, 2.45) is 0 Å². The van der Waals surface area contributed by atoms with E-state index in [4.69, 9.17) is 5.11 Å². The maximum Gasteiger partial charge on any atom is 0.449 e. The Kier molecular flexibility index (Phi) is 2.33. The smallest absolute Gasteiger partial charge is 0.449 e. The Morgan fingerprint density at radius 3 is 2.36 bits per heavy atom. The van der Waals surface area contributed by atoms with Gasteiger partial charge < -0.3 is 9.52 Å². The summed E-state index contributed by atoms with van der Waals surface area (Å²) in [5.74, 6) is -3.99. The van der Waals surface area contributed by atoms with E-state index in [1.54, 1.807) is 0 Å². The summed E-state index contributed by atoms with van der Waals surface area (Å²) >= 11 is 0. The van der Waals surface area contributed by atoms with E-state index in [0.717, 1.165) is 0 Å². The van der Waals surface area contributed by atoms with Crippen LogP contribution in [0, 0.1) is 0 Å². The third-order valence-corrected chi connectivity index (χ3v) is 1.38. The highest BCUT2D eigenvalue weighted by Crippen LogP contribution is 2.32. The zero-order valence-electron chi connectivity index (χ0n) is 6.46. The fraction of sp³-hybridized carbons (Fsp3) is 0.143. The average molecular weight is 208 g/mol. The van der Waals surface area contributed by atoms with E-state index in [2.05, 4.69) is 4.42 Å². The lowest BCUT2D eigenvalue weighted by Crippen LogP contribution is -2.02. The molecule has 1 aromatic heterocycles. The molecule has 7 heteroatoms. The highest BCUT2D eigenvalue weighted by Gasteiger charge is 2.37. The maximum atomic E-state index is 12.0. The summed E-state index contributed by atoms with van der Waals surface area (Å²) < 4.78 is 40.0. The van der Waals surface area contributed by atoms with Gasteiger partial charge in [0.2, 0.25) is 5.76 Å². The molecule has 0 aliphatic heterocycles. The molecule has 0 aliphatic carbocycles. The van der Waals surface area contributed by atoms with Crippen molar-refractivity contribution in [3.8, 4) is 0 Å². The summed E-state index contributed by atoms with van der Waals surface area (Å²) in [6.45, 7) is 0. The Morgan fingerprint density at radius 2 is 2.07 bits per heavy atom. The second-order valence-corrected chi connectivity index (χ2v) is 2.31. The monoisotopic (exact) mass is 208 g/mol. The van der Waals surface area contributed by atoms with Crippen LogP contribution in [0.2, 0.25) is 0 Å². The Morgan fingerprint density at radius 1 is 1.50 bits per heavy atom. The van der Waals surface area contributed by atoms with Crippen LogP contribution < -0.4 is 0 Å². The summed E-state index contributed by atoms with van der Waals surface area (Å²) in [6, 6.07) is 0.270. The van der Waals surface area contributed by atoms with Crippen LogP contribution in [0.3, 0.4) is 0 Å². The Balaban J connectivity index is 3.27. The van der Waals surface area contributed by atoms with Crippen LogP contribution in [0.5, 0.6) is 0 Å². The van der Waals surface area contributed by atoms with E-state index in [1.807, 2.05) is 0 Å². The lowest BCUT2D eigenvalue weighted by atomic mass is 10.2. The van der Waals surface area contributed by atoms with Gasteiger partial charge in [0.15, 0.2) is 12.0 Å². The molecule has 0 aromatic carbocycles. The Bertz CT molecular complexity index is 377. The van der Waals surface area contributed by atoms with E-state index in [9.17, 15) is 22.8 Å². The number of furan rings is 1. The molecule has 1 N–H and O–H groups in total. The first-order valence-corrected chi connectivity index (χ1v) is 3.25.